The van der Waals surface area contributed by atoms with Gasteiger partial charge in [-0.25, -0.2) is 9.97 Å². The Bertz CT molecular complexity index is 928. The number of amides is 1. The topological polar surface area (TPSA) is 73.8 Å². The third-order valence-electron chi connectivity index (χ3n) is 4.77. The number of benzene rings is 1. The van der Waals surface area contributed by atoms with Crippen LogP contribution >= 0.6 is 11.8 Å². The SMILES string of the molecule is CSc1ncc2ccc3c(C(N)=O)cn(C4CC[CH]CC4)c3c2n1. The van der Waals surface area contributed by atoms with Gasteiger partial charge < -0.3 is 10.3 Å². The fraction of sp³-hybridized carbons (Fsp3) is 0.333. The smallest absolute Gasteiger partial charge is 0.250 e. The molecule has 3 aromatic rings. The summed E-state index contributed by atoms with van der Waals surface area (Å²) in [4.78, 5) is 21.0. The van der Waals surface area contributed by atoms with E-state index in [4.69, 9.17) is 10.7 Å². The summed E-state index contributed by atoms with van der Waals surface area (Å²) in [5.41, 5.74) is 8.10. The van der Waals surface area contributed by atoms with Gasteiger partial charge in [-0.2, -0.15) is 0 Å². The Morgan fingerprint density at radius 2 is 2.12 bits per heavy atom. The number of carbonyl (C=O) groups is 1. The molecule has 1 aromatic carbocycles. The second-order valence-corrected chi connectivity index (χ2v) is 6.94. The molecule has 5 nitrogen and oxygen atoms in total. The van der Waals surface area contributed by atoms with Crippen molar-refractivity contribution in [3.63, 3.8) is 0 Å². The molecule has 1 radical (unpaired) electrons. The van der Waals surface area contributed by atoms with E-state index >= 15 is 0 Å². The van der Waals surface area contributed by atoms with Gasteiger partial charge in [0.1, 0.15) is 0 Å². The van der Waals surface area contributed by atoms with E-state index in [1.165, 1.54) is 11.8 Å². The van der Waals surface area contributed by atoms with E-state index in [1.807, 2.05) is 30.8 Å². The van der Waals surface area contributed by atoms with Crippen molar-refractivity contribution in [2.45, 2.75) is 36.9 Å². The van der Waals surface area contributed by atoms with Crippen molar-refractivity contribution in [1.29, 1.82) is 0 Å². The van der Waals surface area contributed by atoms with Crippen molar-refractivity contribution < 1.29 is 4.79 Å². The molecular formula is C18H19N4OS. The minimum atomic E-state index is -0.389. The Hall–Kier alpha value is -2.08. The molecule has 0 unspecified atom stereocenters. The van der Waals surface area contributed by atoms with Crippen LogP contribution in [0.15, 0.2) is 29.7 Å². The highest BCUT2D eigenvalue weighted by atomic mass is 32.2. The first-order valence-electron chi connectivity index (χ1n) is 8.15. The Morgan fingerprint density at radius 3 is 2.83 bits per heavy atom. The quantitative estimate of drug-likeness (QED) is 0.583. The average molecular weight is 339 g/mol. The molecule has 1 fully saturated rings. The lowest BCUT2D eigenvalue weighted by Gasteiger charge is -2.24. The fourth-order valence-electron chi connectivity index (χ4n) is 3.59. The van der Waals surface area contributed by atoms with Gasteiger partial charge >= 0.3 is 0 Å². The van der Waals surface area contributed by atoms with Crippen LogP contribution in [-0.2, 0) is 0 Å². The van der Waals surface area contributed by atoms with Crippen LogP contribution in [0.1, 0.15) is 42.1 Å². The standard InChI is InChI=1S/C18H19N4OS/c1-24-18-20-9-11-7-8-13-14(17(19)23)10-22(16(13)15(11)21-18)12-5-3-2-4-6-12/h2,7-10,12H,3-6H2,1H3,(H2,19,23). The maximum atomic E-state index is 11.9. The third kappa shape index (κ3) is 2.45. The van der Waals surface area contributed by atoms with Crippen LogP contribution in [0.4, 0.5) is 0 Å². The summed E-state index contributed by atoms with van der Waals surface area (Å²) in [7, 11) is 0. The van der Waals surface area contributed by atoms with E-state index in [2.05, 4.69) is 16.0 Å². The highest BCUT2D eigenvalue weighted by Gasteiger charge is 2.22. The maximum absolute atomic E-state index is 11.9. The number of nitrogens with two attached hydrogens (primary N) is 1. The molecule has 1 aliphatic carbocycles. The molecule has 0 aliphatic heterocycles. The average Bonchev–Trinajstić information content (AvgIpc) is 3.02. The van der Waals surface area contributed by atoms with Gasteiger partial charge in [0.2, 0.25) is 0 Å². The van der Waals surface area contributed by atoms with Crippen LogP contribution in [0.25, 0.3) is 21.8 Å². The number of carbonyl (C=O) groups excluding carboxylic acids is 1. The normalized spacial score (nSPS) is 16.0. The van der Waals surface area contributed by atoms with Crippen LogP contribution in [0.3, 0.4) is 0 Å². The Morgan fingerprint density at radius 1 is 1.33 bits per heavy atom. The zero-order valence-corrected chi connectivity index (χ0v) is 14.3. The van der Waals surface area contributed by atoms with Crippen molar-refractivity contribution >= 4 is 39.5 Å². The van der Waals surface area contributed by atoms with E-state index in [1.54, 1.807) is 0 Å². The summed E-state index contributed by atoms with van der Waals surface area (Å²) in [6.45, 7) is 0. The second kappa shape index (κ2) is 6.09. The molecule has 2 N–H and O–H groups in total. The van der Waals surface area contributed by atoms with E-state index in [9.17, 15) is 4.79 Å². The van der Waals surface area contributed by atoms with Gasteiger partial charge in [-0.15, -0.1) is 0 Å². The number of hydrogen-bond donors (Lipinski definition) is 1. The summed E-state index contributed by atoms with van der Waals surface area (Å²) in [6.07, 6.45) is 12.4. The van der Waals surface area contributed by atoms with Crippen molar-refractivity contribution in [3.8, 4) is 0 Å². The molecule has 1 amide bonds. The number of nitrogens with zero attached hydrogens (tertiary/aromatic N) is 3. The lowest BCUT2D eigenvalue weighted by molar-refractivity contribution is 0.100. The van der Waals surface area contributed by atoms with Gasteiger partial charge in [-0.1, -0.05) is 23.9 Å². The van der Waals surface area contributed by atoms with Gasteiger partial charge in [0, 0.05) is 29.2 Å². The predicted molar refractivity (Wildman–Crippen MR) is 97.1 cm³/mol. The number of rotatable bonds is 3. The third-order valence-corrected chi connectivity index (χ3v) is 5.33. The Labute approximate surface area is 144 Å². The monoisotopic (exact) mass is 339 g/mol. The zero-order chi connectivity index (χ0) is 16.7. The molecule has 4 rings (SSSR count). The van der Waals surface area contributed by atoms with E-state index in [0.717, 1.165) is 52.6 Å². The van der Waals surface area contributed by atoms with Crippen LogP contribution < -0.4 is 5.73 Å². The van der Waals surface area contributed by atoms with Gasteiger partial charge in [0.25, 0.3) is 5.91 Å². The van der Waals surface area contributed by atoms with Crippen LogP contribution in [0, 0.1) is 6.42 Å². The van der Waals surface area contributed by atoms with Crippen molar-refractivity contribution in [3.05, 3.63) is 36.5 Å². The molecule has 1 saturated carbocycles. The minimum Gasteiger partial charge on any atom is -0.366 e. The molecule has 24 heavy (non-hydrogen) atoms. The molecule has 0 spiro atoms. The number of aromatic nitrogens is 3. The number of fused-ring (bicyclic) bond motifs is 3. The molecule has 123 valence electrons. The van der Waals surface area contributed by atoms with E-state index < -0.39 is 0 Å². The first kappa shape index (κ1) is 15.4. The van der Waals surface area contributed by atoms with Crippen LogP contribution in [-0.4, -0.2) is 26.7 Å². The second-order valence-electron chi connectivity index (χ2n) is 6.17. The largest absolute Gasteiger partial charge is 0.366 e. The van der Waals surface area contributed by atoms with Gasteiger partial charge in [0.15, 0.2) is 5.16 Å². The zero-order valence-electron chi connectivity index (χ0n) is 13.5. The lowest BCUT2D eigenvalue weighted by Crippen LogP contribution is -2.13. The molecule has 0 saturated heterocycles. The number of primary amides is 1. The summed E-state index contributed by atoms with van der Waals surface area (Å²) in [5.74, 6) is -0.389. The predicted octanol–water partition coefficient (Wildman–Crippen LogP) is 3.72. The van der Waals surface area contributed by atoms with Crippen LogP contribution in [0.5, 0.6) is 0 Å². The first-order valence-corrected chi connectivity index (χ1v) is 9.37. The molecule has 1 aliphatic rings. The van der Waals surface area contributed by atoms with Crippen molar-refractivity contribution in [2.24, 2.45) is 5.73 Å². The highest BCUT2D eigenvalue weighted by molar-refractivity contribution is 7.98. The van der Waals surface area contributed by atoms with Crippen LogP contribution in [0.2, 0.25) is 0 Å². The number of thioether (sulfide) groups is 1. The molecule has 6 heteroatoms. The maximum Gasteiger partial charge on any atom is 0.250 e. The summed E-state index contributed by atoms with van der Waals surface area (Å²) >= 11 is 1.52. The van der Waals surface area contributed by atoms with E-state index in [0.29, 0.717) is 11.6 Å². The molecular weight excluding hydrogens is 320 g/mol. The summed E-state index contributed by atoms with van der Waals surface area (Å²) < 4.78 is 2.22. The summed E-state index contributed by atoms with van der Waals surface area (Å²) in [5, 5.41) is 2.61. The fourth-order valence-corrected chi connectivity index (χ4v) is 3.93. The highest BCUT2D eigenvalue weighted by Crippen LogP contribution is 2.36. The lowest BCUT2D eigenvalue weighted by atomic mass is 9.95. The molecule has 0 bridgehead atoms. The number of hydrogen-bond acceptors (Lipinski definition) is 4. The minimum absolute atomic E-state index is 0.379. The van der Waals surface area contributed by atoms with Gasteiger partial charge in [-0.3, -0.25) is 4.79 Å². The molecule has 2 aromatic heterocycles. The first-order chi connectivity index (χ1) is 11.7. The van der Waals surface area contributed by atoms with Gasteiger partial charge in [-0.05, 0) is 38.4 Å². The van der Waals surface area contributed by atoms with Crippen molar-refractivity contribution in [1.82, 2.24) is 14.5 Å². The van der Waals surface area contributed by atoms with E-state index in [-0.39, 0.29) is 5.91 Å². The molecule has 0 atom stereocenters. The van der Waals surface area contributed by atoms with Crippen molar-refractivity contribution in [2.75, 3.05) is 6.26 Å². The van der Waals surface area contributed by atoms with Gasteiger partial charge in [0.05, 0.1) is 16.6 Å². The Kier molecular flexibility index (Phi) is 3.92. The molecule has 2 heterocycles. The summed E-state index contributed by atoms with van der Waals surface area (Å²) in [6, 6.07) is 4.31. The Balaban J connectivity index is 2.05.